The molecule has 0 radical (unpaired) electrons. The molecular weight excluding hydrogens is 358 g/mol. The summed E-state index contributed by atoms with van der Waals surface area (Å²) in [5, 5.41) is 0. The minimum atomic E-state index is 0.320. The second-order valence-electron chi connectivity index (χ2n) is 10.7. The lowest BCUT2D eigenvalue weighted by molar-refractivity contribution is -0.157. The fourth-order valence-electron chi connectivity index (χ4n) is 8.12. The van der Waals surface area contributed by atoms with Gasteiger partial charge in [-0.25, -0.2) is 0 Å². The van der Waals surface area contributed by atoms with Gasteiger partial charge in [0, 0.05) is 31.9 Å². The Hall–Kier alpha value is -1.71. The Morgan fingerprint density at radius 1 is 1.03 bits per heavy atom. The third kappa shape index (κ3) is 2.89. The molecule has 4 heteroatoms. The first kappa shape index (κ1) is 19.3. The second-order valence-corrected chi connectivity index (χ2v) is 10.7. The van der Waals surface area contributed by atoms with Crippen LogP contribution in [0.5, 0.6) is 0 Å². The number of hydrogen-bond acceptors (Lipinski definition) is 3. The summed E-state index contributed by atoms with van der Waals surface area (Å²) in [6.45, 7) is 5.08. The topological polar surface area (TPSA) is 46.1 Å². The minimum absolute atomic E-state index is 0.320. The van der Waals surface area contributed by atoms with Crippen LogP contribution in [-0.4, -0.2) is 33.9 Å². The van der Waals surface area contributed by atoms with Gasteiger partial charge in [-0.2, -0.15) is 0 Å². The highest BCUT2D eigenvalue weighted by molar-refractivity contribution is 5.77. The standard InChI is InChI=1S/C25H35N3O/c1-24-12-10-21-19(7-9-22-25(21,2)13-11-23(29)28(22)3)20(24)8-5-17(24)4-6-18-16-26-14-15-27-18/h4,6,14-17,19-22H,5,7-13H2,1-3H3/b6-4+/t17-,19-,20-,21-,22+,24+,25+/m0/s1. The zero-order valence-corrected chi connectivity index (χ0v) is 18.2. The van der Waals surface area contributed by atoms with E-state index in [1.54, 1.807) is 12.4 Å². The summed E-state index contributed by atoms with van der Waals surface area (Å²) < 4.78 is 0. The number of piperidine rings is 1. The SMILES string of the molecule is CN1C(=O)CC[C@]2(C)[C@H]3CC[C@]4(C)[C@@H](/C=C/c5cnccn5)CC[C@H]4[C@@H]3CC[C@@H]12. The Labute approximate surface area is 175 Å². The molecule has 1 aromatic heterocycles. The highest BCUT2D eigenvalue weighted by Crippen LogP contribution is 2.66. The first-order chi connectivity index (χ1) is 13.9. The molecule has 4 nitrogen and oxygen atoms in total. The van der Waals surface area contributed by atoms with E-state index in [-0.39, 0.29) is 0 Å². The van der Waals surface area contributed by atoms with E-state index in [0.29, 0.717) is 28.7 Å². The molecule has 1 saturated heterocycles. The molecule has 29 heavy (non-hydrogen) atoms. The fraction of sp³-hybridized carbons (Fsp3) is 0.720. The summed E-state index contributed by atoms with van der Waals surface area (Å²) in [5.41, 5.74) is 1.70. The Balaban J connectivity index is 1.38. The zero-order valence-electron chi connectivity index (χ0n) is 18.2. The summed E-state index contributed by atoms with van der Waals surface area (Å²) >= 11 is 0. The molecule has 4 aliphatic rings. The van der Waals surface area contributed by atoms with Crippen LogP contribution in [0.1, 0.15) is 70.9 Å². The average Bonchev–Trinajstić information content (AvgIpc) is 3.07. The van der Waals surface area contributed by atoms with Gasteiger partial charge in [-0.15, -0.1) is 0 Å². The average molecular weight is 394 g/mol. The smallest absolute Gasteiger partial charge is 0.222 e. The molecule has 3 saturated carbocycles. The molecule has 0 spiro atoms. The van der Waals surface area contributed by atoms with Gasteiger partial charge in [0.25, 0.3) is 0 Å². The summed E-state index contributed by atoms with van der Waals surface area (Å²) in [5.74, 6) is 3.47. The molecule has 7 atom stereocenters. The van der Waals surface area contributed by atoms with Crippen molar-refractivity contribution < 1.29 is 4.79 Å². The van der Waals surface area contributed by atoms with Crippen molar-refractivity contribution in [2.75, 3.05) is 7.05 Å². The minimum Gasteiger partial charge on any atom is -0.342 e. The lowest BCUT2D eigenvalue weighted by atomic mass is 9.47. The number of hydrogen-bond donors (Lipinski definition) is 0. The maximum Gasteiger partial charge on any atom is 0.222 e. The lowest BCUT2D eigenvalue weighted by Crippen LogP contribution is -2.61. The van der Waals surface area contributed by atoms with Gasteiger partial charge < -0.3 is 4.90 Å². The van der Waals surface area contributed by atoms with E-state index in [9.17, 15) is 4.79 Å². The third-order valence-corrected chi connectivity index (χ3v) is 9.71. The van der Waals surface area contributed by atoms with Gasteiger partial charge in [-0.05, 0) is 85.5 Å². The highest BCUT2D eigenvalue weighted by Gasteiger charge is 2.60. The van der Waals surface area contributed by atoms with E-state index < -0.39 is 0 Å². The van der Waals surface area contributed by atoms with Gasteiger partial charge in [0.2, 0.25) is 5.91 Å². The van der Waals surface area contributed by atoms with E-state index in [2.05, 4.69) is 47.9 Å². The molecule has 3 aliphatic carbocycles. The van der Waals surface area contributed by atoms with Gasteiger partial charge in [0.05, 0.1) is 11.9 Å². The molecule has 1 amide bonds. The maximum absolute atomic E-state index is 12.3. The number of rotatable bonds is 2. The monoisotopic (exact) mass is 393 g/mol. The number of fused-ring (bicyclic) bond motifs is 5. The van der Waals surface area contributed by atoms with Gasteiger partial charge >= 0.3 is 0 Å². The van der Waals surface area contributed by atoms with Crippen LogP contribution in [0, 0.1) is 34.5 Å². The van der Waals surface area contributed by atoms with Crippen LogP contribution < -0.4 is 0 Å². The first-order valence-corrected chi connectivity index (χ1v) is 11.6. The van der Waals surface area contributed by atoms with Gasteiger partial charge in [-0.3, -0.25) is 14.8 Å². The van der Waals surface area contributed by atoms with E-state index in [1.807, 2.05) is 6.20 Å². The summed E-state index contributed by atoms with van der Waals surface area (Å²) in [4.78, 5) is 23.0. The molecule has 0 N–H and O–H groups in total. The summed E-state index contributed by atoms with van der Waals surface area (Å²) in [6.07, 6.45) is 19.7. The predicted molar refractivity (Wildman–Crippen MR) is 115 cm³/mol. The second kappa shape index (κ2) is 6.92. The molecule has 0 bridgehead atoms. The van der Waals surface area contributed by atoms with Gasteiger partial charge in [0.1, 0.15) is 0 Å². The number of carbonyl (C=O) groups is 1. The number of carbonyl (C=O) groups excluding carboxylic acids is 1. The van der Waals surface area contributed by atoms with Crippen molar-refractivity contribution in [2.24, 2.45) is 34.5 Å². The number of aromatic nitrogens is 2. The van der Waals surface area contributed by atoms with E-state index in [0.717, 1.165) is 36.3 Å². The van der Waals surface area contributed by atoms with Crippen LogP contribution in [-0.2, 0) is 4.79 Å². The third-order valence-electron chi connectivity index (χ3n) is 9.71. The molecule has 5 rings (SSSR count). The van der Waals surface area contributed by atoms with Crippen molar-refractivity contribution in [3.8, 4) is 0 Å². The Morgan fingerprint density at radius 2 is 1.86 bits per heavy atom. The number of nitrogens with zero attached hydrogens (tertiary/aromatic N) is 3. The largest absolute Gasteiger partial charge is 0.342 e. The molecule has 0 unspecified atom stereocenters. The van der Waals surface area contributed by atoms with E-state index >= 15 is 0 Å². The van der Waals surface area contributed by atoms with Gasteiger partial charge in [-0.1, -0.05) is 19.9 Å². The Bertz CT molecular complexity index is 808. The van der Waals surface area contributed by atoms with Crippen LogP contribution in [0.3, 0.4) is 0 Å². The van der Waals surface area contributed by atoms with Crippen molar-refractivity contribution in [1.29, 1.82) is 0 Å². The molecule has 1 aliphatic heterocycles. The summed E-state index contributed by atoms with van der Waals surface area (Å²) in [7, 11) is 2.06. The first-order valence-electron chi connectivity index (χ1n) is 11.6. The normalized spacial score (nSPS) is 44.4. The molecular formula is C25H35N3O. The van der Waals surface area contributed by atoms with Crippen molar-refractivity contribution in [2.45, 2.75) is 71.3 Å². The van der Waals surface area contributed by atoms with Crippen LogP contribution in [0.15, 0.2) is 24.7 Å². The van der Waals surface area contributed by atoms with Crippen LogP contribution in [0.4, 0.5) is 0 Å². The predicted octanol–water partition coefficient (Wildman–Crippen LogP) is 4.97. The Kier molecular flexibility index (Phi) is 4.60. The van der Waals surface area contributed by atoms with Crippen LogP contribution in [0.2, 0.25) is 0 Å². The molecule has 156 valence electrons. The van der Waals surface area contributed by atoms with E-state index in [1.165, 1.54) is 38.5 Å². The van der Waals surface area contributed by atoms with Crippen molar-refractivity contribution >= 4 is 12.0 Å². The van der Waals surface area contributed by atoms with Gasteiger partial charge in [0.15, 0.2) is 0 Å². The quantitative estimate of drug-likeness (QED) is 0.713. The van der Waals surface area contributed by atoms with E-state index in [4.69, 9.17) is 0 Å². The molecule has 0 aromatic carbocycles. The van der Waals surface area contributed by atoms with Crippen molar-refractivity contribution in [3.63, 3.8) is 0 Å². The fourth-order valence-corrected chi connectivity index (χ4v) is 8.12. The number of likely N-dealkylation sites (tertiary alicyclic amines) is 1. The zero-order chi connectivity index (χ0) is 20.2. The van der Waals surface area contributed by atoms with Crippen LogP contribution in [0.25, 0.3) is 6.08 Å². The molecule has 1 aromatic rings. The maximum atomic E-state index is 12.3. The highest BCUT2D eigenvalue weighted by atomic mass is 16.2. The number of allylic oxidation sites excluding steroid dienone is 1. The Morgan fingerprint density at radius 3 is 2.66 bits per heavy atom. The molecule has 4 fully saturated rings. The van der Waals surface area contributed by atoms with Crippen LogP contribution >= 0.6 is 0 Å². The summed E-state index contributed by atoms with van der Waals surface area (Å²) in [6, 6.07) is 0.461. The molecule has 2 heterocycles. The van der Waals surface area contributed by atoms with Crippen molar-refractivity contribution in [1.82, 2.24) is 14.9 Å². The number of amides is 1. The lowest BCUT2D eigenvalue weighted by Gasteiger charge is -2.61. The van der Waals surface area contributed by atoms with Crippen molar-refractivity contribution in [3.05, 3.63) is 30.4 Å².